The van der Waals surface area contributed by atoms with Crippen molar-refractivity contribution in [2.24, 2.45) is 11.5 Å². The van der Waals surface area contributed by atoms with Gasteiger partial charge in [0.25, 0.3) is 0 Å². The molecule has 0 saturated heterocycles. The van der Waals surface area contributed by atoms with Gasteiger partial charge in [0.2, 0.25) is 5.91 Å². The number of carboxylic acid groups (broad SMARTS) is 1. The van der Waals surface area contributed by atoms with Crippen molar-refractivity contribution in [3.63, 3.8) is 0 Å². The first-order valence-electron chi connectivity index (χ1n) is 8.06. The molecule has 0 spiro atoms. The zero-order chi connectivity index (χ0) is 18.8. The van der Waals surface area contributed by atoms with E-state index < -0.39 is 24.0 Å². The summed E-state index contributed by atoms with van der Waals surface area (Å²) < 4.78 is 10.1. The molecule has 0 aliphatic heterocycles. The minimum absolute atomic E-state index is 0.154. The third kappa shape index (κ3) is 6.69. The maximum atomic E-state index is 12.4. The smallest absolute Gasteiger partial charge is 0.326 e. The van der Waals surface area contributed by atoms with Crippen LogP contribution in [0.5, 0.6) is 5.75 Å². The van der Waals surface area contributed by atoms with Gasteiger partial charge in [-0.15, -0.1) is 0 Å². The van der Waals surface area contributed by atoms with Crippen molar-refractivity contribution in [3.05, 3.63) is 29.8 Å². The lowest BCUT2D eigenvalue weighted by molar-refractivity contribution is -0.149. The van der Waals surface area contributed by atoms with Gasteiger partial charge in [-0.05, 0) is 43.5 Å². The number of aliphatic carboxylic acids is 1. The van der Waals surface area contributed by atoms with E-state index in [2.05, 4.69) is 0 Å². The molecule has 0 saturated carbocycles. The molecule has 0 aliphatic rings. The van der Waals surface area contributed by atoms with E-state index in [4.69, 9.17) is 20.9 Å². The van der Waals surface area contributed by atoms with Gasteiger partial charge in [0, 0.05) is 14.2 Å². The molecule has 0 aromatic heterocycles. The fourth-order valence-corrected chi connectivity index (χ4v) is 2.40. The molecule has 5 N–H and O–H groups in total. The molecule has 0 unspecified atom stereocenters. The molecule has 8 nitrogen and oxygen atoms in total. The molecule has 1 aromatic rings. The SMILES string of the molecule is COCOc1ccc(C[C@H](N)C(=O)N(C)[C@H](CCCN)C(=O)O)cc1. The summed E-state index contributed by atoms with van der Waals surface area (Å²) in [5.41, 5.74) is 12.2. The third-order valence-corrected chi connectivity index (χ3v) is 3.82. The largest absolute Gasteiger partial charge is 0.480 e. The van der Waals surface area contributed by atoms with Gasteiger partial charge in [0.1, 0.15) is 11.8 Å². The van der Waals surface area contributed by atoms with Crippen molar-refractivity contribution in [2.75, 3.05) is 27.5 Å². The van der Waals surface area contributed by atoms with Gasteiger partial charge in [0.15, 0.2) is 6.79 Å². The van der Waals surface area contributed by atoms with Crippen LogP contribution < -0.4 is 16.2 Å². The van der Waals surface area contributed by atoms with Crippen LogP contribution in [-0.2, 0) is 20.7 Å². The molecule has 0 fully saturated rings. The Labute approximate surface area is 147 Å². The first-order chi connectivity index (χ1) is 11.9. The highest BCUT2D eigenvalue weighted by Crippen LogP contribution is 2.14. The Morgan fingerprint density at radius 1 is 1.28 bits per heavy atom. The minimum atomic E-state index is -1.06. The number of carbonyl (C=O) groups is 2. The molecule has 1 rings (SSSR count). The van der Waals surface area contributed by atoms with Crippen molar-refractivity contribution >= 4 is 11.9 Å². The van der Waals surface area contributed by atoms with Crippen molar-refractivity contribution in [1.82, 2.24) is 4.90 Å². The number of likely N-dealkylation sites (N-methyl/N-ethyl adjacent to an activating group) is 1. The Morgan fingerprint density at radius 2 is 1.92 bits per heavy atom. The predicted molar refractivity (Wildman–Crippen MR) is 93.1 cm³/mol. The molecular formula is C17H27N3O5. The zero-order valence-electron chi connectivity index (χ0n) is 14.7. The second-order valence-electron chi connectivity index (χ2n) is 5.74. The van der Waals surface area contributed by atoms with Crippen molar-refractivity contribution < 1.29 is 24.2 Å². The predicted octanol–water partition coefficient (Wildman–Crippen LogP) is 0.190. The van der Waals surface area contributed by atoms with Gasteiger partial charge >= 0.3 is 5.97 Å². The molecule has 1 amide bonds. The highest BCUT2D eigenvalue weighted by Gasteiger charge is 2.29. The van der Waals surface area contributed by atoms with Crippen molar-refractivity contribution in [1.29, 1.82) is 0 Å². The number of benzene rings is 1. The van der Waals surface area contributed by atoms with Crippen LogP contribution in [0.1, 0.15) is 18.4 Å². The van der Waals surface area contributed by atoms with E-state index >= 15 is 0 Å². The van der Waals surface area contributed by atoms with Crippen LogP contribution >= 0.6 is 0 Å². The van der Waals surface area contributed by atoms with Gasteiger partial charge in [-0.1, -0.05) is 12.1 Å². The molecule has 0 aliphatic carbocycles. The normalized spacial score (nSPS) is 13.1. The number of carboxylic acids is 1. The van der Waals surface area contributed by atoms with Crippen LogP contribution in [0.3, 0.4) is 0 Å². The molecule has 0 bridgehead atoms. The summed E-state index contributed by atoms with van der Waals surface area (Å²) in [6.45, 7) is 0.525. The average molecular weight is 353 g/mol. The average Bonchev–Trinajstić information content (AvgIpc) is 2.60. The number of ether oxygens (including phenoxy) is 2. The summed E-state index contributed by atoms with van der Waals surface area (Å²) in [4.78, 5) is 25.0. The quantitative estimate of drug-likeness (QED) is 0.484. The fourth-order valence-electron chi connectivity index (χ4n) is 2.40. The van der Waals surface area contributed by atoms with E-state index in [0.29, 0.717) is 31.6 Å². The summed E-state index contributed by atoms with van der Waals surface area (Å²) in [5.74, 6) is -0.824. The Balaban J connectivity index is 2.66. The highest BCUT2D eigenvalue weighted by atomic mass is 16.7. The second-order valence-corrected chi connectivity index (χ2v) is 5.74. The summed E-state index contributed by atoms with van der Waals surface area (Å²) in [6, 6.07) is 5.39. The lowest BCUT2D eigenvalue weighted by Crippen LogP contribution is -2.50. The maximum absolute atomic E-state index is 12.4. The Hall–Kier alpha value is -2.16. The number of hydrogen-bond acceptors (Lipinski definition) is 6. The second kappa shape index (κ2) is 10.7. The standard InChI is InChI=1S/C17H27N3O5/c1-20(15(17(22)23)4-3-9-18)16(21)14(19)10-12-5-7-13(8-6-12)25-11-24-2/h5-8,14-15H,3-4,9-11,18-19H2,1-2H3,(H,22,23)/t14-,15+/m0/s1. The Morgan fingerprint density at radius 3 is 2.44 bits per heavy atom. The van der Waals surface area contributed by atoms with Gasteiger partial charge in [0.05, 0.1) is 6.04 Å². The summed E-state index contributed by atoms with van der Waals surface area (Å²) >= 11 is 0. The van der Waals surface area contributed by atoms with Gasteiger partial charge in [-0.3, -0.25) is 4.79 Å². The first kappa shape index (κ1) is 20.9. The molecule has 25 heavy (non-hydrogen) atoms. The van der Waals surface area contributed by atoms with Crippen LogP contribution in [0.15, 0.2) is 24.3 Å². The van der Waals surface area contributed by atoms with Crippen LogP contribution in [-0.4, -0.2) is 61.5 Å². The molecule has 0 radical (unpaired) electrons. The van der Waals surface area contributed by atoms with E-state index in [9.17, 15) is 14.7 Å². The van der Waals surface area contributed by atoms with Crippen LogP contribution in [0.4, 0.5) is 0 Å². The molecule has 140 valence electrons. The number of hydrogen-bond donors (Lipinski definition) is 3. The van der Waals surface area contributed by atoms with Crippen molar-refractivity contribution in [2.45, 2.75) is 31.3 Å². The Bertz CT molecular complexity index is 550. The minimum Gasteiger partial charge on any atom is -0.480 e. The van der Waals surface area contributed by atoms with E-state index in [-0.39, 0.29) is 6.79 Å². The van der Waals surface area contributed by atoms with E-state index in [1.54, 1.807) is 24.3 Å². The highest BCUT2D eigenvalue weighted by molar-refractivity contribution is 5.86. The molecule has 1 aromatic carbocycles. The lowest BCUT2D eigenvalue weighted by atomic mass is 10.0. The van der Waals surface area contributed by atoms with Gasteiger partial charge in [-0.25, -0.2) is 4.79 Å². The lowest BCUT2D eigenvalue weighted by Gasteiger charge is -2.27. The van der Waals surface area contributed by atoms with E-state index in [1.807, 2.05) is 0 Å². The zero-order valence-corrected chi connectivity index (χ0v) is 14.7. The monoisotopic (exact) mass is 353 g/mol. The van der Waals surface area contributed by atoms with Crippen molar-refractivity contribution in [3.8, 4) is 5.75 Å². The fraction of sp³-hybridized carbons (Fsp3) is 0.529. The van der Waals surface area contributed by atoms with E-state index in [0.717, 1.165) is 5.56 Å². The molecular weight excluding hydrogens is 326 g/mol. The summed E-state index contributed by atoms with van der Waals surface area (Å²) in [7, 11) is 2.99. The number of methoxy groups -OCH3 is 1. The van der Waals surface area contributed by atoms with E-state index in [1.165, 1.54) is 19.1 Å². The van der Waals surface area contributed by atoms with Gasteiger partial charge in [-0.2, -0.15) is 0 Å². The Kier molecular flexibility index (Phi) is 8.90. The molecule has 8 heteroatoms. The summed E-state index contributed by atoms with van der Waals surface area (Å²) in [6.07, 6.45) is 1.12. The number of rotatable bonds is 11. The molecule has 2 atom stereocenters. The first-order valence-corrected chi connectivity index (χ1v) is 8.06. The van der Waals surface area contributed by atoms with Crippen LogP contribution in [0.25, 0.3) is 0 Å². The number of nitrogens with zero attached hydrogens (tertiary/aromatic N) is 1. The third-order valence-electron chi connectivity index (χ3n) is 3.82. The number of amides is 1. The summed E-state index contributed by atoms with van der Waals surface area (Å²) in [5, 5.41) is 9.29. The van der Waals surface area contributed by atoms with Gasteiger partial charge < -0.3 is 30.9 Å². The topological polar surface area (TPSA) is 128 Å². The number of carbonyl (C=O) groups excluding carboxylic acids is 1. The van der Waals surface area contributed by atoms with Crippen LogP contribution in [0, 0.1) is 0 Å². The maximum Gasteiger partial charge on any atom is 0.326 e. The number of nitrogens with two attached hydrogens (primary N) is 2. The molecule has 0 heterocycles. The van der Waals surface area contributed by atoms with Crippen LogP contribution in [0.2, 0.25) is 0 Å².